The van der Waals surface area contributed by atoms with E-state index in [-0.39, 0.29) is 5.41 Å². The van der Waals surface area contributed by atoms with Crippen molar-refractivity contribution >= 4 is 5.91 Å². The lowest BCUT2D eigenvalue weighted by Crippen LogP contribution is -2.48. The minimum atomic E-state index is -0.0497. The van der Waals surface area contributed by atoms with Gasteiger partial charge in [-0.1, -0.05) is 27.2 Å². The molecule has 0 spiro atoms. The smallest absolute Gasteiger partial charge is 0.228 e. The van der Waals surface area contributed by atoms with Crippen molar-refractivity contribution in [2.24, 2.45) is 17.3 Å². The summed E-state index contributed by atoms with van der Waals surface area (Å²) in [4.78, 5) is 15.2. The molecule has 0 aliphatic carbocycles. The van der Waals surface area contributed by atoms with Crippen molar-refractivity contribution in [2.75, 3.05) is 26.2 Å². The molecular formula is C16H30N2O. The molecule has 2 fully saturated rings. The molecule has 0 bridgehead atoms. The van der Waals surface area contributed by atoms with E-state index in [9.17, 15) is 4.79 Å². The van der Waals surface area contributed by atoms with E-state index in [2.05, 4.69) is 31.0 Å². The summed E-state index contributed by atoms with van der Waals surface area (Å²) in [5.41, 5.74) is -0.0497. The summed E-state index contributed by atoms with van der Waals surface area (Å²) in [5, 5.41) is 3.40. The van der Waals surface area contributed by atoms with E-state index in [1.165, 1.54) is 6.42 Å². The van der Waals surface area contributed by atoms with Crippen LogP contribution in [0, 0.1) is 17.3 Å². The van der Waals surface area contributed by atoms with Gasteiger partial charge in [0.2, 0.25) is 5.91 Å². The molecule has 0 radical (unpaired) electrons. The van der Waals surface area contributed by atoms with Crippen LogP contribution in [-0.4, -0.2) is 37.0 Å². The molecule has 1 amide bonds. The number of hydrogen-bond donors (Lipinski definition) is 1. The average molecular weight is 266 g/mol. The minimum absolute atomic E-state index is 0.0497. The number of carbonyl (C=O) groups excluding carboxylic acids is 1. The average Bonchev–Trinajstić information content (AvgIpc) is 2.89. The van der Waals surface area contributed by atoms with Gasteiger partial charge in [-0.3, -0.25) is 4.79 Å². The summed E-state index contributed by atoms with van der Waals surface area (Å²) in [5.74, 6) is 1.87. The molecule has 110 valence electrons. The first-order chi connectivity index (χ1) is 9.09. The van der Waals surface area contributed by atoms with E-state index >= 15 is 0 Å². The Balaban J connectivity index is 2.04. The van der Waals surface area contributed by atoms with Crippen molar-refractivity contribution < 1.29 is 4.79 Å². The van der Waals surface area contributed by atoms with Gasteiger partial charge in [-0.2, -0.15) is 0 Å². The lowest BCUT2D eigenvalue weighted by Gasteiger charge is -2.39. The Kier molecular flexibility index (Phi) is 4.88. The third-order valence-corrected chi connectivity index (χ3v) is 5.20. The highest BCUT2D eigenvalue weighted by Gasteiger charge is 2.43. The van der Waals surface area contributed by atoms with Crippen molar-refractivity contribution in [2.45, 2.75) is 52.9 Å². The highest BCUT2D eigenvalue weighted by atomic mass is 16.2. The van der Waals surface area contributed by atoms with Crippen LogP contribution in [0.2, 0.25) is 0 Å². The lowest BCUT2D eigenvalue weighted by atomic mass is 9.74. The minimum Gasteiger partial charge on any atom is -0.342 e. The maximum absolute atomic E-state index is 13.0. The molecule has 0 aromatic carbocycles. The molecule has 1 N–H and O–H groups in total. The first kappa shape index (κ1) is 14.8. The molecule has 2 saturated heterocycles. The number of hydrogen-bond acceptors (Lipinski definition) is 2. The fourth-order valence-corrected chi connectivity index (χ4v) is 3.81. The first-order valence-electron chi connectivity index (χ1n) is 8.09. The van der Waals surface area contributed by atoms with Gasteiger partial charge in [0.25, 0.3) is 0 Å². The van der Waals surface area contributed by atoms with E-state index in [1.807, 2.05) is 0 Å². The van der Waals surface area contributed by atoms with Gasteiger partial charge in [0.05, 0.1) is 5.41 Å². The van der Waals surface area contributed by atoms with E-state index in [0.29, 0.717) is 17.7 Å². The maximum atomic E-state index is 13.0. The third kappa shape index (κ3) is 3.13. The lowest BCUT2D eigenvalue weighted by molar-refractivity contribution is -0.143. The van der Waals surface area contributed by atoms with Crippen LogP contribution in [0.25, 0.3) is 0 Å². The number of amides is 1. The van der Waals surface area contributed by atoms with Crippen LogP contribution in [0.1, 0.15) is 52.9 Å². The molecule has 3 heteroatoms. The Morgan fingerprint density at radius 2 is 2.05 bits per heavy atom. The van der Waals surface area contributed by atoms with Crippen molar-refractivity contribution in [1.82, 2.24) is 10.2 Å². The SMILES string of the molecule is CCCC1(C(=O)N2CCC(C(C)C)C2)CCNCC1. The highest BCUT2D eigenvalue weighted by molar-refractivity contribution is 5.83. The van der Waals surface area contributed by atoms with Gasteiger partial charge in [-0.15, -0.1) is 0 Å². The Morgan fingerprint density at radius 1 is 1.37 bits per heavy atom. The van der Waals surface area contributed by atoms with Crippen molar-refractivity contribution in [1.29, 1.82) is 0 Å². The van der Waals surface area contributed by atoms with Crippen LogP contribution in [0.15, 0.2) is 0 Å². The number of carbonyl (C=O) groups is 1. The molecule has 1 unspecified atom stereocenters. The van der Waals surface area contributed by atoms with Crippen LogP contribution in [0.5, 0.6) is 0 Å². The summed E-state index contributed by atoms with van der Waals surface area (Å²) in [7, 11) is 0. The Morgan fingerprint density at radius 3 is 2.58 bits per heavy atom. The Labute approximate surface area is 118 Å². The van der Waals surface area contributed by atoms with Gasteiger partial charge in [-0.05, 0) is 50.6 Å². The zero-order chi connectivity index (χ0) is 13.9. The number of nitrogens with one attached hydrogen (secondary N) is 1. The monoisotopic (exact) mass is 266 g/mol. The van der Waals surface area contributed by atoms with Crippen LogP contribution in [0.4, 0.5) is 0 Å². The molecule has 3 nitrogen and oxygen atoms in total. The number of piperidine rings is 1. The standard InChI is InChI=1S/C16H30N2O/c1-4-6-16(7-9-17-10-8-16)15(19)18-11-5-14(12-18)13(2)3/h13-14,17H,4-12H2,1-3H3. The van der Waals surface area contributed by atoms with Crippen LogP contribution < -0.4 is 5.32 Å². The van der Waals surface area contributed by atoms with Crippen molar-refractivity contribution in [3.8, 4) is 0 Å². The molecule has 2 heterocycles. The zero-order valence-electron chi connectivity index (χ0n) is 12.9. The molecule has 2 aliphatic heterocycles. The summed E-state index contributed by atoms with van der Waals surface area (Å²) < 4.78 is 0. The van der Waals surface area contributed by atoms with Crippen LogP contribution in [-0.2, 0) is 4.79 Å². The van der Waals surface area contributed by atoms with Crippen molar-refractivity contribution in [3.05, 3.63) is 0 Å². The second-order valence-corrected chi connectivity index (χ2v) is 6.82. The second kappa shape index (κ2) is 6.25. The van der Waals surface area contributed by atoms with Gasteiger partial charge in [0, 0.05) is 13.1 Å². The predicted octanol–water partition coefficient (Wildman–Crippen LogP) is 2.66. The van der Waals surface area contributed by atoms with E-state index in [1.54, 1.807) is 0 Å². The summed E-state index contributed by atoms with van der Waals surface area (Å²) in [6.07, 6.45) is 5.44. The molecule has 0 saturated carbocycles. The second-order valence-electron chi connectivity index (χ2n) is 6.82. The third-order valence-electron chi connectivity index (χ3n) is 5.20. The first-order valence-corrected chi connectivity index (χ1v) is 8.09. The number of likely N-dealkylation sites (tertiary alicyclic amines) is 1. The number of nitrogens with zero attached hydrogens (tertiary/aromatic N) is 1. The van der Waals surface area contributed by atoms with Gasteiger partial charge < -0.3 is 10.2 Å². The molecule has 0 aromatic rings. The van der Waals surface area contributed by atoms with Crippen LogP contribution in [0.3, 0.4) is 0 Å². The maximum Gasteiger partial charge on any atom is 0.228 e. The van der Waals surface area contributed by atoms with Crippen molar-refractivity contribution in [3.63, 3.8) is 0 Å². The van der Waals surface area contributed by atoms with E-state index in [0.717, 1.165) is 51.9 Å². The summed E-state index contributed by atoms with van der Waals surface area (Å²) in [6.45, 7) is 10.8. The largest absolute Gasteiger partial charge is 0.342 e. The van der Waals surface area contributed by atoms with Gasteiger partial charge in [0.1, 0.15) is 0 Å². The zero-order valence-corrected chi connectivity index (χ0v) is 12.9. The summed E-state index contributed by atoms with van der Waals surface area (Å²) >= 11 is 0. The quantitative estimate of drug-likeness (QED) is 0.848. The fourth-order valence-electron chi connectivity index (χ4n) is 3.81. The van der Waals surface area contributed by atoms with E-state index < -0.39 is 0 Å². The van der Waals surface area contributed by atoms with Gasteiger partial charge >= 0.3 is 0 Å². The molecule has 2 aliphatic rings. The molecule has 19 heavy (non-hydrogen) atoms. The molecule has 1 atom stereocenters. The highest BCUT2D eigenvalue weighted by Crippen LogP contribution is 2.38. The summed E-state index contributed by atoms with van der Waals surface area (Å²) in [6, 6.07) is 0. The van der Waals surface area contributed by atoms with E-state index in [4.69, 9.17) is 0 Å². The predicted molar refractivity (Wildman–Crippen MR) is 79.0 cm³/mol. The fraction of sp³-hybridized carbons (Fsp3) is 0.938. The number of rotatable bonds is 4. The van der Waals surface area contributed by atoms with Crippen LogP contribution >= 0.6 is 0 Å². The topological polar surface area (TPSA) is 32.3 Å². The Bertz CT molecular complexity index is 302. The van der Waals surface area contributed by atoms with Gasteiger partial charge in [-0.25, -0.2) is 0 Å². The Hall–Kier alpha value is -0.570. The molecule has 2 rings (SSSR count). The van der Waals surface area contributed by atoms with Gasteiger partial charge in [0.15, 0.2) is 0 Å². The normalized spacial score (nSPS) is 26.9. The molecule has 0 aromatic heterocycles. The molecular weight excluding hydrogens is 236 g/mol.